The predicted octanol–water partition coefficient (Wildman–Crippen LogP) is 2.85. The highest BCUT2D eigenvalue weighted by atomic mass is 19.1. The molecule has 0 N–H and O–H groups in total. The van der Waals surface area contributed by atoms with E-state index < -0.39 is 17.1 Å². The van der Waals surface area contributed by atoms with Crippen LogP contribution in [0, 0.1) is 5.82 Å². The Hall–Kier alpha value is -3.81. The summed E-state index contributed by atoms with van der Waals surface area (Å²) in [5, 5.41) is 0.250. The zero-order valence-corrected chi connectivity index (χ0v) is 17.0. The Balaban J connectivity index is 2.18. The third-order valence-corrected chi connectivity index (χ3v) is 5.21. The lowest BCUT2D eigenvalue weighted by molar-refractivity contribution is 0.355. The molecule has 4 aromatic rings. The average Bonchev–Trinajstić information content (AvgIpc) is 3.16. The second-order valence-corrected chi connectivity index (χ2v) is 6.83. The fourth-order valence-electron chi connectivity index (χ4n) is 3.64. The number of hydrogen-bond donors (Lipinski definition) is 0. The van der Waals surface area contributed by atoms with Gasteiger partial charge in [0.25, 0.3) is 5.56 Å². The number of methoxy groups -OCH3 is 2. The van der Waals surface area contributed by atoms with Crippen molar-refractivity contribution >= 4 is 10.9 Å². The Bertz CT molecular complexity index is 1400. The van der Waals surface area contributed by atoms with Gasteiger partial charge in [0.1, 0.15) is 5.82 Å². The van der Waals surface area contributed by atoms with Gasteiger partial charge in [0.2, 0.25) is 0 Å². The standard InChI is InChI=1S/C22H20FN3O4/c1-24-16-12-26(13-9-10-17(29-3)18(11-13)30-4)20(14-7-5-6-8-15(14)23)19(16)21(27)25(2)22(24)28/h5-12H,1-4H3. The number of aryl methyl sites for hydroxylation is 1. The Morgan fingerprint density at radius 3 is 2.27 bits per heavy atom. The van der Waals surface area contributed by atoms with Crippen molar-refractivity contribution in [2.24, 2.45) is 14.1 Å². The van der Waals surface area contributed by atoms with E-state index >= 15 is 0 Å². The van der Waals surface area contributed by atoms with Gasteiger partial charge in [0.05, 0.1) is 30.8 Å². The van der Waals surface area contributed by atoms with Gasteiger partial charge in [-0.15, -0.1) is 0 Å². The summed E-state index contributed by atoms with van der Waals surface area (Å²) in [6.45, 7) is 0. The summed E-state index contributed by atoms with van der Waals surface area (Å²) in [5.41, 5.74) is 0.667. The van der Waals surface area contributed by atoms with Gasteiger partial charge in [-0.05, 0) is 24.3 Å². The molecule has 0 aliphatic heterocycles. The largest absolute Gasteiger partial charge is 0.493 e. The number of halogens is 1. The summed E-state index contributed by atoms with van der Waals surface area (Å²) in [7, 11) is 6.04. The van der Waals surface area contributed by atoms with Crippen molar-refractivity contribution in [1.29, 1.82) is 0 Å². The molecule has 0 saturated heterocycles. The minimum Gasteiger partial charge on any atom is -0.493 e. The number of aromatic nitrogens is 3. The lowest BCUT2D eigenvalue weighted by Crippen LogP contribution is -2.36. The summed E-state index contributed by atoms with van der Waals surface area (Å²) in [4.78, 5) is 25.5. The first kappa shape index (κ1) is 19.5. The quantitative estimate of drug-likeness (QED) is 0.520. The van der Waals surface area contributed by atoms with E-state index in [9.17, 15) is 14.0 Å². The van der Waals surface area contributed by atoms with Crippen LogP contribution in [0.2, 0.25) is 0 Å². The number of benzene rings is 2. The second kappa shape index (κ2) is 7.22. The first-order valence-electron chi connectivity index (χ1n) is 9.17. The van der Waals surface area contributed by atoms with Gasteiger partial charge in [-0.3, -0.25) is 13.9 Å². The van der Waals surface area contributed by atoms with Gasteiger partial charge in [-0.25, -0.2) is 9.18 Å². The van der Waals surface area contributed by atoms with Crippen LogP contribution in [0.4, 0.5) is 4.39 Å². The van der Waals surface area contributed by atoms with Crippen LogP contribution in [0.15, 0.2) is 58.3 Å². The van der Waals surface area contributed by atoms with Gasteiger partial charge in [-0.2, -0.15) is 0 Å². The van der Waals surface area contributed by atoms with Gasteiger partial charge in [0.15, 0.2) is 11.5 Å². The monoisotopic (exact) mass is 409 g/mol. The molecule has 7 nitrogen and oxygen atoms in total. The van der Waals surface area contributed by atoms with Crippen LogP contribution in [-0.2, 0) is 14.1 Å². The van der Waals surface area contributed by atoms with Gasteiger partial charge in [0, 0.05) is 37.6 Å². The van der Waals surface area contributed by atoms with Gasteiger partial charge >= 0.3 is 5.69 Å². The molecule has 2 heterocycles. The molecule has 0 aliphatic carbocycles. The maximum Gasteiger partial charge on any atom is 0.330 e. The Kier molecular flexibility index (Phi) is 4.69. The van der Waals surface area contributed by atoms with Crippen molar-refractivity contribution < 1.29 is 13.9 Å². The highest BCUT2D eigenvalue weighted by Gasteiger charge is 2.22. The van der Waals surface area contributed by atoms with Crippen molar-refractivity contribution in [1.82, 2.24) is 13.7 Å². The Morgan fingerprint density at radius 2 is 1.60 bits per heavy atom. The smallest absolute Gasteiger partial charge is 0.330 e. The topological polar surface area (TPSA) is 67.4 Å². The molecule has 2 aromatic heterocycles. The molecule has 8 heteroatoms. The normalized spacial score (nSPS) is 11.1. The molecule has 0 bridgehead atoms. The fraction of sp³-hybridized carbons (Fsp3) is 0.182. The van der Waals surface area contributed by atoms with Crippen molar-refractivity contribution in [3.8, 4) is 28.4 Å². The number of ether oxygens (including phenoxy) is 2. The van der Waals surface area contributed by atoms with E-state index in [1.54, 1.807) is 54.2 Å². The SMILES string of the molecule is COc1ccc(-n2cc3c(c2-c2ccccc2F)c(=O)n(C)c(=O)n3C)cc1OC. The van der Waals surface area contributed by atoms with E-state index in [4.69, 9.17) is 9.47 Å². The van der Waals surface area contributed by atoms with Crippen molar-refractivity contribution in [3.05, 3.63) is 75.3 Å². The molecular formula is C22H20FN3O4. The highest BCUT2D eigenvalue weighted by Crippen LogP contribution is 2.35. The summed E-state index contributed by atoms with van der Waals surface area (Å²) >= 11 is 0. The number of hydrogen-bond acceptors (Lipinski definition) is 4. The molecule has 0 unspecified atom stereocenters. The van der Waals surface area contributed by atoms with E-state index in [1.165, 1.54) is 31.9 Å². The third kappa shape index (κ3) is 2.80. The van der Waals surface area contributed by atoms with E-state index in [0.717, 1.165) is 4.57 Å². The van der Waals surface area contributed by atoms with Gasteiger partial charge < -0.3 is 14.0 Å². The lowest BCUT2D eigenvalue weighted by atomic mass is 10.1. The first-order valence-corrected chi connectivity index (χ1v) is 9.17. The van der Waals surface area contributed by atoms with E-state index in [2.05, 4.69) is 0 Å². The maximum atomic E-state index is 14.8. The maximum absolute atomic E-state index is 14.8. The van der Waals surface area contributed by atoms with Crippen LogP contribution in [0.5, 0.6) is 11.5 Å². The zero-order valence-electron chi connectivity index (χ0n) is 17.0. The van der Waals surface area contributed by atoms with Crippen LogP contribution in [-0.4, -0.2) is 27.9 Å². The lowest BCUT2D eigenvalue weighted by Gasteiger charge is -2.13. The molecule has 4 rings (SSSR count). The number of rotatable bonds is 4. The second-order valence-electron chi connectivity index (χ2n) is 6.83. The van der Waals surface area contributed by atoms with E-state index in [1.807, 2.05) is 0 Å². The molecule has 0 amide bonds. The van der Waals surface area contributed by atoms with Gasteiger partial charge in [-0.1, -0.05) is 12.1 Å². The minimum atomic E-state index is -0.495. The molecule has 0 aliphatic rings. The van der Waals surface area contributed by atoms with Crippen molar-refractivity contribution in [3.63, 3.8) is 0 Å². The Morgan fingerprint density at radius 1 is 0.900 bits per heavy atom. The fourth-order valence-corrected chi connectivity index (χ4v) is 3.64. The van der Waals surface area contributed by atoms with Crippen LogP contribution >= 0.6 is 0 Å². The molecule has 2 aromatic carbocycles. The molecule has 30 heavy (non-hydrogen) atoms. The summed E-state index contributed by atoms with van der Waals surface area (Å²) in [5.74, 6) is 0.540. The number of fused-ring (bicyclic) bond motifs is 1. The third-order valence-electron chi connectivity index (χ3n) is 5.21. The molecule has 0 atom stereocenters. The zero-order chi connectivity index (χ0) is 21.6. The molecule has 154 valence electrons. The molecule has 0 saturated carbocycles. The van der Waals surface area contributed by atoms with Crippen LogP contribution in [0.1, 0.15) is 0 Å². The first-order chi connectivity index (χ1) is 14.4. The molecule has 0 spiro atoms. The molecular weight excluding hydrogens is 389 g/mol. The van der Waals surface area contributed by atoms with Crippen LogP contribution in [0.25, 0.3) is 27.8 Å². The summed E-state index contributed by atoms with van der Waals surface area (Å²) < 4.78 is 29.6. The molecule has 0 fully saturated rings. The highest BCUT2D eigenvalue weighted by molar-refractivity contribution is 5.95. The van der Waals surface area contributed by atoms with Crippen LogP contribution in [0.3, 0.4) is 0 Å². The van der Waals surface area contributed by atoms with Crippen molar-refractivity contribution in [2.75, 3.05) is 14.2 Å². The minimum absolute atomic E-state index is 0.248. The Labute approximate surface area is 171 Å². The molecule has 0 radical (unpaired) electrons. The van der Waals surface area contributed by atoms with E-state index in [0.29, 0.717) is 28.4 Å². The summed E-state index contributed by atoms with van der Waals surface area (Å²) in [6.07, 6.45) is 1.65. The van der Waals surface area contributed by atoms with Crippen LogP contribution < -0.4 is 20.7 Å². The average molecular weight is 409 g/mol. The van der Waals surface area contributed by atoms with E-state index in [-0.39, 0.29) is 10.9 Å². The number of nitrogens with zero attached hydrogens (tertiary/aromatic N) is 3. The van der Waals surface area contributed by atoms with Crippen molar-refractivity contribution in [2.45, 2.75) is 0 Å². The summed E-state index contributed by atoms with van der Waals surface area (Å²) in [6, 6.07) is 11.4. The predicted molar refractivity (Wildman–Crippen MR) is 112 cm³/mol.